The molecule has 1 aromatic carbocycles. The molecule has 0 N–H and O–H groups in total. The van der Waals surface area contributed by atoms with Gasteiger partial charge in [-0.3, -0.25) is 0 Å². The molecule has 0 heterocycles. The minimum absolute atomic E-state index is 0.242. The maximum atomic E-state index is 13.7. The molecule has 0 saturated carbocycles. The van der Waals surface area contributed by atoms with Crippen LogP contribution in [0, 0.1) is 6.92 Å². The van der Waals surface area contributed by atoms with Gasteiger partial charge in [0.1, 0.15) is 0 Å². The number of benzene rings is 1. The Hall–Kier alpha value is -1.71. The maximum Gasteiger partial charge on any atom is 0.333 e. The zero-order valence-corrected chi connectivity index (χ0v) is 10.7. The Morgan fingerprint density at radius 2 is 1.83 bits per heavy atom. The highest BCUT2D eigenvalue weighted by Crippen LogP contribution is 2.38. The van der Waals surface area contributed by atoms with E-state index >= 15 is 0 Å². The molecule has 0 fully saturated rings. The molecule has 4 heteroatoms. The van der Waals surface area contributed by atoms with Gasteiger partial charge in [-0.05, 0) is 12.5 Å². The predicted molar refractivity (Wildman–Crippen MR) is 65.7 cm³/mol. The molecule has 0 amide bonds. The van der Waals surface area contributed by atoms with Crippen LogP contribution < -0.4 is 0 Å². The number of aryl methyl sites for hydroxylation is 1. The molecule has 0 aromatic heterocycles. The van der Waals surface area contributed by atoms with E-state index in [1.54, 1.807) is 24.3 Å². The first-order chi connectivity index (χ1) is 8.27. The van der Waals surface area contributed by atoms with Crippen molar-refractivity contribution in [3.8, 4) is 0 Å². The summed E-state index contributed by atoms with van der Waals surface area (Å²) in [5.41, 5.74) is 1.07. The van der Waals surface area contributed by atoms with E-state index in [1.807, 2.05) is 6.92 Å². The summed E-state index contributed by atoms with van der Waals surface area (Å²) < 4.78 is 31.8. The number of esters is 1. The molecule has 0 unspecified atom stereocenters. The highest BCUT2D eigenvalue weighted by Gasteiger charge is 2.40. The summed E-state index contributed by atoms with van der Waals surface area (Å²) in [4.78, 5) is 11.4. The van der Waals surface area contributed by atoms with Crippen LogP contribution in [0.3, 0.4) is 0 Å². The third-order valence-corrected chi connectivity index (χ3v) is 2.71. The van der Waals surface area contributed by atoms with Crippen molar-refractivity contribution < 1.29 is 18.3 Å². The number of alkyl halides is 2. The number of halogens is 2. The number of hydrogen-bond acceptors (Lipinski definition) is 2. The normalized spacial score (nSPS) is 12.9. The molecule has 0 aliphatic carbocycles. The summed E-state index contributed by atoms with van der Waals surface area (Å²) in [5.74, 6) is -5.27. The fourth-order valence-corrected chi connectivity index (χ4v) is 1.81. The zero-order chi connectivity index (χ0) is 13.9. The average molecular weight is 254 g/mol. The van der Waals surface area contributed by atoms with E-state index < -0.39 is 17.8 Å². The second kappa shape index (κ2) is 5.29. The largest absolute Gasteiger partial charge is 0.466 e. The molecule has 1 atom stereocenters. The van der Waals surface area contributed by atoms with Gasteiger partial charge < -0.3 is 4.74 Å². The molecule has 18 heavy (non-hydrogen) atoms. The number of carbonyl (C=O) groups excluding carboxylic acids is 1. The second-order valence-corrected chi connectivity index (χ2v) is 4.32. The number of ether oxygens (including phenoxy) is 1. The van der Waals surface area contributed by atoms with Gasteiger partial charge in [0.25, 0.3) is 5.92 Å². The Morgan fingerprint density at radius 3 is 2.22 bits per heavy atom. The minimum Gasteiger partial charge on any atom is -0.466 e. The lowest BCUT2D eigenvalue weighted by molar-refractivity contribution is -0.137. The van der Waals surface area contributed by atoms with E-state index in [-0.39, 0.29) is 5.57 Å². The van der Waals surface area contributed by atoms with Gasteiger partial charge in [-0.1, -0.05) is 36.4 Å². The molecule has 2 nitrogen and oxygen atoms in total. The van der Waals surface area contributed by atoms with E-state index in [1.165, 1.54) is 0 Å². The molecule has 1 rings (SSSR count). The fraction of sp³-hybridized carbons (Fsp3) is 0.357. The number of hydrogen-bond donors (Lipinski definition) is 0. The Bertz CT molecular complexity index is 444. The zero-order valence-electron chi connectivity index (χ0n) is 10.7. The number of rotatable bonds is 4. The van der Waals surface area contributed by atoms with Crippen LogP contribution in [0.2, 0.25) is 0 Å². The van der Waals surface area contributed by atoms with E-state index in [4.69, 9.17) is 0 Å². The van der Waals surface area contributed by atoms with Crippen molar-refractivity contribution in [1.29, 1.82) is 0 Å². The van der Waals surface area contributed by atoms with Gasteiger partial charge in [0.2, 0.25) is 0 Å². The van der Waals surface area contributed by atoms with Gasteiger partial charge in [-0.2, -0.15) is 0 Å². The van der Waals surface area contributed by atoms with E-state index in [9.17, 15) is 13.6 Å². The van der Waals surface area contributed by atoms with Crippen molar-refractivity contribution >= 4 is 5.97 Å². The van der Waals surface area contributed by atoms with Crippen LogP contribution in [0.15, 0.2) is 36.4 Å². The second-order valence-electron chi connectivity index (χ2n) is 4.32. The molecule has 0 bridgehead atoms. The molecular formula is C14H16F2O2. The summed E-state index contributed by atoms with van der Waals surface area (Å²) >= 11 is 0. The van der Waals surface area contributed by atoms with Crippen LogP contribution in [0.5, 0.6) is 0 Å². The summed E-state index contributed by atoms with van der Waals surface area (Å²) in [7, 11) is 1.15. The predicted octanol–water partition coefficient (Wildman–Crippen LogP) is 3.46. The minimum atomic E-state index is -3.08. The standard InChI is InChI=1S/C14H16F2O2/c1-9-5-7-11(8-6-9)12(14(3,15)16)10(2)13(17)18-4/h5-8,12H,2H2,1,3-4H3/t12-/m1/s1. The van der Waals surface area contributed by atoms with Crippen LogP contribution >= 0.6 is 0 Å². The first-order valence-electron chi connectivity index (χ1n) is 5.49. The topological polar surface area (TPSA) is 26.3 Å². The Kier molecular flexibility index (Phi) is 4.22. The Morgan fingerprint density at radius 1 is 1.33 bits per heavy atom. The number of methoxy groups -OCH3 is 1. The smallest absolute Gasteiger partial charge is 0.333 e. The third kappa shape index (κ3) is 3.15. The van der Waals surface area contributed by atoms with E-state index in [0.717, 1.165) is 19.6 Å². The van der Waals surface area contributed by atoms with Gasteiger partial charge in [-0.15, -0.1) is 0 Å². The van der Waals surface area contributed by atoms with Gasteiger partial charge >= 0.3 is 5.97 Å². The molecule has 0 aliphatic heterocycles. The monoisotopic (exact) mass is 254 g/mol. The SMILES string of the molecule is C=C(C(=O)OC)[C@H](c1ccc(C)cc1)C(C)(F)F. The molecule has 0 spiro atoms. The van der Waals surface area contributed by atoms with Crippen molar-refractivity contribution in [2.45, 2.75) is 25.7 Å². The number of carbonyl (C=O) groups is 1. The third-order valence-electron chi connectivity index (χ3n) is 2.71. The molecule has 0 aliphatic rings. The van der Waals surface area contributed by atoms with Crippen LogP contribution in [0.25, 0.3) is 0 Å². The van der Waals surface area contributed by atoms with Crippen LogP contribution in [0.1, 0.15) is 24.0 Å². The lowest BCUT2D eigenvalue weighted by Crippen LogP contribution is -2.27. The van der Waals surface area contributed by atoms with Gasteiger partial charge in [0, 0.05) is 12.5 Å². The van der Waals surface area contributed by atoms with Crippen LogP contribution in [-0.2, 0) is 9.53 Å². The highest BCUT2D eigenvalue weighted by atomic mass is 19.3. The highest BCUT2D eigenvalue weighted by molar-refractivity contribution is 5.89. The van der Waals surface area contributed by atoms with Crippen molar-refractivity contribution in [2.75, 3.05) is 7.11 Å². The van der Waals surface area contributed by atoms with Crippen molar-refractivity contribution in [1.82, 2.24) is 0 Å². The summed E-state index contributed by atoms with van der Waals surface area (Å²) in [5, 5.41) is 0. The Balaban J connectivity index is 3.18. The summed E-state index contributed by atoms with van der Waals surface area (Å²) in [6.45, 7) is 6.07. The quantitative estimate of drug-likeness (QED) is 0.607. The first kappa shape index (κ1) is 14.4. The van der Waals surface area contributed by atoms with Crippen molar-refractivity contribution in [2.24, 2.45) is 0 Å². The first-order valence-corrected chi connectivity index (χ1v) is 5.49. The summed E-state index contributed by atoms with van der Waals surface area (Å²) in [6, 6.07) is 6.59. The average Bonchev–Trinajstić information content (AvgIpc) is 2.29. The maximum absolute atomic E-state index is 13.7. The molecule has 1 aromatic rings. The Labute approximate surface area is 105 Å². The fourth-order valence-electron chi connectivity index (χ4n) is 1.81. The molecule has 0 radical (unpaired) electrons. The van der Waals surface area contributed by atoms with Gasteiger partial charge in [-0.25, -0.2) is 13.6 Å². The molecule has 98 valence electrons. The van der Waals surface area contributed by atoms with Crippen molar-refractivity contribution in [3.05, 3.63) is 47.5 Å². The summed E-state index contributed by atoms with van der Waals surface area (Å²) in [6.07, 6.45) is 0. The van der Waals surface area contributed by atoms with Gasteiger partial charge in [0.15, 0.2) is 0 Å². The molecular weight excluding hydrogens is 238 g/mol. The lowest BCUT2D eigenvalue weighted by Gasteiger charge is -2.24. The van der Waals surface area contributed by atoms with Crippen LogP contribution in [-0.4, -0.2) is 19.0 Å². The van der Waals surface area contributed by atoms with Gasteiger partial charge in [0.05, 0.1) is 13.0 Å². The van der Waals surface area contributed by atoms with E-state index in [2.05, 4.69) is 11.3 Å². The molecule has 0 saturated heterocycles. The lowest BCUT2D eigenvalue weighted by atomic mass is 9.86. The van der Waals surface area contributed by atoms with E-state index in [0.29, 0.717) is 5.56 Å². The van der Waals surface area contributed by atoms with Crippen molar-refractivity contribution in [3.63, 3.8) is 0 Å². The van der Waals surface area contributed by atoms with Crippen LogP contribution in [0.4, 0.5) is 8.78 Å².